The molecule has 1 heterocycles. The first-order chi connectivity index (χ1) is 10.7. The van der Waals surface area contributed by atoms with Gasteiger partial charge in [0.15, 0.2) is 0 Å². The zero-order valence-corrected chi connectivity index (χ0v) is 13.1. The van der Waals surface area contributed by atoms with Crippen LogP contribution in [0, 0.1) is 0 Å². The zero-order valence-electron chi connectivity index (χ0n) is 12.3. The van der Waals surface area contributed by atoms with E-state index in [2.05, 4.69) is 18.2 Å². The van der Waals surface area contributed by atoms with Gasteiger partial charge in [-0.2, -0.15) is 0 Å². The number of benzene rings is 1. The lowest BCUT2D eigenvalue weighted by Gasteiger charge is -2.30. The molecule has 0 amide bonds. The maximum Gasteiger partial charge on any atom is 0.241 e. The van der Waals surface area contributed by atoms with Gasteiger partial charge < -0.3 is 15.2 Å². The highest BCUT2D eigenvalue weighted by Crippen LogP contribution is 2.32. The summed E-state index contributed by atoms with van der Waals surface area (Å²) in [5.41, 5.74) is 7.01. The predicted octanol–water partition coefficient (Wildman–Crippen LogP) is 3.83. The Morgan fingerprint density at radius 1 is 1.27 bits per heavy atom. The van der Waals surface area contributed by atoms with E-state index < -0.39 is 0 Å². The monoisotopic (exact) mass is 317 g/mol. The summed E-state index contributed by atoms with van der Waals surface area (Å²) in [6, 6.07) is 10.4. The quantitative estimate of drug-likeness (QED) is 0.858. The first kappa shape index (κ1) is 15.2. The molecule has 0 bridgehead atoms. The molecular formula is C18H20ClNO2. The van der Waals surface area contributed by atoms with Crippen molar-refractivity contribution < 1.29 is 9.47 Å². The summed E-state index contributed by atoms with van der Waals surface area (Å²) >= 11 is 6.03. The molecular weight excluding hydrogens is 298 g/mol. The Labute approximate surface area is 136 Å². The summed E-state index contributed by atoms with van der Waals surface area (Å²) < 4.78 is 11.8. The lowest BCUT2D eigenvalue weighted by atomic mass is 9.93. The van der Waals surface area contributed by atoms with Gasteiger partial charge in [0.2, 0.25) is 6.29 Å². The first-order valence-corrected chi connectivity index (χ1v) is 7.99. The molecule has 3 rings (SSSR count). The van der Waals surface area contributed by atoms with Crippen LogP contribution in [0.25, 0.3) is 0 Å². The lowest BCUT2D eigenvalue weighted by molar-refractivity contribution is -0.0974. The highest BCUT2D eigenvalue weighted by Gasteiger charge is 2.26. The van der Waals surface area contributed by atoms with Crippen molar-refractivity contribution in [3.8, 4) is 0 Å². The molecule has 4 heteroatoms. The van der Waals surface area contributed by atoms with Crippen molar-refractivity contribution in [2.45, 2.75) is 30.4 Å². The molecule has 1 aromatic carbocycles. The molecule has 3 atom stereocenters. The van der Waals surface area contributed by atoms with E-state index in [4.69, 9.17) is 26.8 Å². The number of halogens is 1. The molecule has 2 N–H and O–H groups in total. The molecule has 0 saturated heterocycles. The van der Waals surface area contributed by atoms with Crippen LogP contribution in [0.15, 0.2) is 66.2 Å². The average Bonchev–Trinajstić information content (AvgIpc) is 2.57. The second kappa shape index (κ2) is 7.03. The summed E-state index contributed by atoms with van der Waals surface area (Å²) in [6.45, 7) is 0.377. The van der Waals surface area contributed by atoms with Crippen LogP contribution < -0.4 is 5.73 Å². The molecule has 1 aromatic rings. The molecule has 0 saturated carbocycles. The maximum absolute atomic E-state index is 6.03. The Morgan fingerprint density at radius 2 is 2.09 bits per heavy atom. The van der Waals surface area contributed by atoms with E-state index in [1.54, 1.807) is 0 Å². The van der Waals surface area contributed by atoms with Crippen molar-refractivity contribution in [3.63, 3.8) is 0 Å². The van der Waals surface area contributed by atoms with Crippen LogP contribution in [0.5, 0.6) is 0 Å². The molecule has 3 unspecified atom stereocenters. The van der Waals surface area contributed by atoms with Gasteiger partial charge in [-0.05, 0) is 30.2 Å². The number of hydrogen-bond acceptors (Lipinski definition) is 3. The number of nitrogens with two attached hydrogens (primary N) is 1. The van der Waals surface area contributed by atoms with Crippen LogP contribution in [0.1, 0.15) is 24.3 Å². The minimum absolute atomic E-state index is 0.0520. The third kappa shape index (κ3) is 3.73. The van der Waals surface area contributed by atoms with Gasteiger partial charge in [-0.25, -0.2) is 0 Å². The Bertz CT molecular complexity index is 594. The minimum Gasteiger partial charge on any atom is -0.458 e. The summed E-state index contributed by atoms with van der Waals surface area (Å²) in [6.07, 6.45) is 9.16. The van der Waals surface area contributed by atoms with Gasteiger partial charge in [0.25, 0.3) is 0 Å². The van der Waals surface area contributed by atoms with E-state index >= 15 is 0 Å². The van der Waals surface area contributed by atoms with Crippen molar-refractivity contribution in [3.05, 3.63) is 71.7 Å². The van der Waals surface area contributed by atoms with Crippen LogP contribution in [0.2, 0.25) is 0 Å². The standard InChI is InChI=1S/C18H20ClNO2/c19-15-6-8-16(9-7-15)21-18-11-14(10-17(12-20)22-18)13-4-2-1-3-5-13/h1-6,8-10,14-15,18H,7,11-12,20H2. The molecule has 0 aromatic heterocycles. The highest BCUT2D eigenvalue weighted by molar-refractivity contribution is 6.22. The fraction of sp³-hybridized carbons (Fsp3) is 0.333. The normalized spacial score (nSPS) is 27.6. The van der Waals surface area contributed by atoms with E-state index in [9.17, 15) is 0 Å². The van der Waals surface area contributed by atoms with E-state index in [-0.39, 0.29) is 17.6 Å². The third-order valence-corrected chi connectivity index (χ3v) is 4.15. The SMILES string of the molecule is NCC1=CC(c2ccccc2)CC(OC2=CCC(Cl)C=C2)O1. The van der Waals surface area contributed by atoms with Crippen LogP contribution in [0.3, 0.4) is 0 Å². The number of hydrogen-bond donors (Lipinski definition) is 1. The minimum atomic E-state index is -0.323. The Morgan fingerprint density at radius 3 is 2.77 bits per heavy atom. The predicted molar refractivity (Wildman–Crippen MR) is 88.4 cm³/mol. The van der Waals surface area contributed by atoms with Crippen molar-refractivity contribution in [1.82, 2.24) is 0 Å². The van der Waals surface area contributed by atoms with Gasteiger partial charge in [-0.3, -0.25) is 0 Å². The van der Waals surface area contributed by atoms with Crippen LogP contribution in [-0.4, -0.2) is 18.2 Å². The number of ether oxygens (including phenoxy) is 2. The molecule has 2 aliphatic rings. The molecule has 0 fully saturated rings. The van der Waals surface area contributed by atoms with Crippen molar-refractivity contribution in [1.29, 1.82) is 0 Å². The van der Waals surface area contributed by atoms with E-state index in [0.29, 0.717) is 6.54 Å². The van der Waals surface area contributed by atoms with Crippen molar-refractivity contribution in [2.24, 2.45) is 5.73 Å². The van der Waals surface area contributed by atoms with Crippen LogP contribution >= 0.6 is 11.6 Å². The van der Waals surface area contributed by atoms with Gasteiger partial charge >= 0.3 is 0 Å². The van der Waals surface area contributed by atoms with Crippen molar-refractivity contribution in [2.75, 3.05) is 6.54 Å². The van der Waals surface area contributed by atoms with Crippen LogP contribution in [0.4, 0.5) is 0 Å². The van der Waals surface area contributed by atoms with Crippen LogP contribution in [-0.2, 0) is 9.47 Å². The molecule has 116 valence electrons. The third-order valence-electron chi connectivity index (χ3n) is 3.83. The molecule has 0 spiro atoms. The molecule has 1 aliphatic heterocycles. The first-order valence-electron chi connectivity index (χ1n) is 7.56. The second-order valence-corrected chi connectivity index (χ2v) is 6.03. The summed E-state index contributed by atoms with van der Waals surface area (Å²) in [5, 5.41) is 0.0520. The molecule has 0 radical (unpaired) electrons. The smallest absolute Gasteiger partial charge is 0.241 e. The van der Waals surface area contributed by atoms with Gasteiger partial charge in [-0.1, -0.05) is 36.4 Å². The summed E-state index contributed by atoms with van der Waals surface area (Å²) in [5.74, 6) is 1.85. The topological polar surface area (TPSA) is 44.5 Å². The van der Waals surface area contributed by atoms with Crippen molar-refractivity contribution >= 4 is 11.6 Å². The Hall–Kier alpha value is -1.71. The fourth-order valence-electron chi connectivity index (χ4n) is 2.69. The summed E-state index contributed by atoms with van der Waals surface area (Å²) in [7, 11) is 0. The highest BCUT2D eigenvalue weighted by atomic mass is 35.5. The molecule has 3 nitrogen and oxygen atoms in total. The fourth-order valence-corrected chi connectivity index (χ4v) is 2.85. The second-order valence-electron chi connectivity index (χ2n) is 5.47. The maximum atomic E-state index is 6.03. The number of allylic oxidation sites excluding steroid dienone is 4. The van der Waals surface area contributed by atoms with E-state index in [1.165, 1.54) is 5.56 Å². The lowest BCUT2D eigenvalue weighted by Crippen LogP contribution is -2.26. The Balaban J connectivity index is 1.72. The van der Waals surface area contributed by atoms with Gasteiger partial charge in [0.1, 0.15) is 11.5 Å². The van der Waals surface area contributed by atoms with Gasteiger partial charge in [0.05, 0.1) is 11.9 Å². The van der Waals surface area contributed by atoms with Gasteiger partial charge in [-0.15, -0.1) is 11.6 Å². The van der Waals surface area contributed by atoms with E-state index in [0.717, 1.165) is 24.4 Å². The zero-order chi connectivity index (χ0) is 15.4. The van der Waals surface area contributed by atoms with E-state index in [1.807, 2.05) is 36.4 Å². The number of rotatable bonds is 4. The summed E-state index contributed by atoms with van der Waals surface area (Å²) in [4.78, 5) is 0. The molecule has 22 heavy (non-hydrogen) atoms. The average molecular weight is 318 g/mol. The largest absolute Gasteiger partial charge is 0.458 e. The molecule has 1 aliphatic carbocycles. The van der Waals surface area contributed by atoms with Gasteiger partial charge in [0, 0.05) is 12.3 Å². The Kier molecular flexibility index (Phi) is 4.86. The number of alkyl halides is 1.